The maximum atomic E-state index is 12.3. The Morgan fingerprint density at radius 3 is 2.48 bits per heavy atom. The third kappa shape index (κ3) is 3.15. The highest BCUT2D eigenvalue weighted by Gasteiger charge is 2.33. The zero-order chi connectivity index (χ0) is 20.7. The van der Waals surface area contributed by atoms with Gasteiger partial charge in [-0.25, -0.2) is 4.68 Å². The number of nitrogens with zero attached hydrogens (tertiary/aromatic N) is 4. The number of amides is 1. The number of benzene rings is 2. The van der Waals surface area contributed by atoms with Crippen molar-refractivity contribution in [3.63, 3.8) is 0 Å². The van der Waals surface area contributed by atoms with Crippen LogP contribution in [-0.2, 0) is 4.79 Å². The molecule has 1 aromatic heterocycles. The predicted octanol–water partition coefficient (Wildman–Crippen LogP) is 3.21. The fourth-order valence-electron chi connectivity index (χ4n) is 3.52. The molecule has 1 aliphatic rings. The molecule has 29 heavy (non-hydrogen) atoms. The van der Waals surface area contributed by atoms with Gasteiger partial charge in [-0.2, -0.15) is 10.2 Å². The molecule has 2 aromatic carbocycles. The molecule has 3 aromatic rings. The normalized spacial score (nSPS) is 15.4. The molecule has 0 fully saturated rings. The van der Waals surface area contributed by atoms with Crippen LogP contribution in [0.4, 0.5) is 5.95 Å². The van der Waals surface area contributed by atoms with Gasteiger partial charge < -0.3 is 11.1 Å². The van der Waals surface area contributed by atoms with Crippen molar-refractivity contribution >= 4 is 11.9 Å². The van der Waals surface area contributed by atoms with Crippen LogP contribution in [0.1, 0.15) is 35.2 Å². The third-order valence-corrected chi connectivity index (χ3v) is 5.24. The molecule has 1 unspecified atom stereocenters. The average Bonchev–Trinajstić information content (AvgIpc) is 3.12. The first kappa shape index (κ1) is 18.4. The van der Waals surface area contributed by atoms with Gasteiger partial charge in [-0.3, -0.25) is 4.79 Å². The van der Waals surface area contributed by atoms with E-state index >= 15 is 0 Å². The summed E-state index contributed by atoms with van der Waals surface area (Å²) in [5, 5.41) is 16.9. The second kappa shape index (κ2) is 6.91. The van der Waals surface area contributed by atoms with E-state index in [4.69, 9.17) is 16.1 Å². The van der Waals surface area contributed by atoms with E-state index < -0.39 is 11.9 Å². The first-order chi connectivity index (χ1) is 13.9. The molecule has 1 aliphatic heterocycles. The zero-order valence-electron chi connectivity index (χ0n) is 16.4. The number of aryl methyl sites for hydroxylation is 2. The molecule has 1 atom stereocenters. The molecular formula is C22H20N6O. The molecule has 0 bridgehead atoms. The van der Waals surface area contributed by atoms with Gasteiger partial charge in [-0.1, -0.05) is 24.3 Å². The molecule has 7 heteroatoms. The molecule has 144 valence electrons. The fourth-order valence-corrected chi connectivity index (χ4v) is 3.52. The average molecular weight is 384 g/mol. The van der Waals surface area contributed by atoms with Crippen LogP contribution in [-0.4, -0.2) is 20.7 Å². The largest absolute Gasteiger partial charge is 0.366 e. The van der Waals surface area contributed by atoms with Crippen LogP contribution >= 0.6 is 0 Å². The van der Waals surface area contributed by atoms with Crippen molar-refractivity contribution in [3.05, 3.63) is 76.0 Å². The maximum Gasteiger partial charge on any atom is 0.248 e. The number of primary amides is 1. The van der Waals surface area contributed by atoms with Crippen molar-refractivity contribution in [1.29, 1.82) is 5.26 Å². The highest BCUT2D eigenvalue weighted by molar-refractivity contribution is 5.95. The second-order valence-electron chi connectivity index (χ2n) is 7.17. The van der Waals surface area contributed by atoms with Gasteiger partial charge in [-0.15, -0.1) is 5.10 Å². The van der Waals surface area contributed by atoms with Gasteiger partial charge in [0, 0.05) is 11.3 Å². The minimum Gasteiger partial charge on any atom is -0.366 e. The molecule has 7 nitrogen and oxygen atoms in total. The Hall–Kier alpha value is -3.92. The van der Waals surface area contributed by atoms with Crippen molar-refractivity contribution in [3.8, 4) is 17.5 Å². The highest BCUT2D eigenvalue weighted by atomic mass is 16.1. The van der Waals surface area contributed by atoms with E-state index in [1.165, 1.54) is 5.56 Å². The number of hydrogen-bond acceptors (Lipinski definition) is 5. The molecule has 0 spiro atoms. The summed E-state index contributed by atoms with van der Waals surface area (Å²) in [6.45, 7) is 5.90. The Kier molecular flexibility index (Phi) is 4.40. The Labute approximate surface area is 168 Å². The smallest absolute Gasteiger partial charge is 0.248 e. The van der Waals surface area contributed by atoms with Gasteiger partial charge in [0.1, 0.15) is 6.04 Å². The van der Waals surface area contributed by atoms with E-state index in [2.05, 4.69) is 23.3 Å². The number of nitrogens with two attached hydrogens (primary N) is 1. The van der Waals surface area contributed by atoms with Crippen LogP contribution in [0, 0.1) is 25.2 Å². The van der Waals surface area contributed by atoms with Crippen LogP contribution in [0.15, 0.2) is 53.7 Å². The number of rotatable bonds is 3. The van der Waals surface area contributed by atoms with Gasteiger partial charge in [-0.05, 0) is 55.7 Å². The standard InChI is InChI=1S/C22H20N6O/c1-12-4-7-17(10-13(12)2)21-26-22-25-14(3)18(20(24)29)19(28(22)27-21)16-8-5-15(11-23)6-9-16/h4-10,19H,1-3H3,(H2,24,29)(H,25,26,27). The molecule has 0 aliphatic carbocycles. The van der Waals surface area contributed by atoms with Crippen LogP contribution < -0.4 is 11.1 Å². The monoisotopic (exact) mass is 384 g/mol. The van der Waals surface area contributed by atoms with Crippen LogP contribution in [0.5, 0.6) is 0 Å². The van der Waals surface area contributed by atoms with E-state index in [0.29, 0.717) is 28.6 Å². The predicted molar refractivity (Wildman–Crippen MR) is 110 cm³/mol. The summed E-state index contributed by atoms with van der Waals surface area (Å²) in [5.41, 5.74) is 11.3. The number of fused-ring (bicyclic) bond motifs is 1. The number of carbonyl (C=O) groups excluding carboxylic acids is 1. The minimum absolute atomic E-state index is 0.416. The Bertz CT molecular complexity index is 1200. The van der Waals surface area contributed by atoms with Crippen molar-refractivity contribution in [2.75, 3.05) is 5.32 Å². The first-order valence-corrected chi connectivity index (χ1v) is 9.21. The summed E-state index contributed by atoms with van der Waals surface area (Å²) in [6.07, 6.45) is 0. The van der Waals surface area contributed by atoms with E-state index in [-0.39, 0.29) is 0 Å². The topological polar surface area (TPSA) is 110 Å². The molecule has 2 heterocycles. The second-order valence-corrected chi connectivity index (χ2v) is 7.17. The van der Waals surface area contributed by atoms with Gasteiger partial charge in [0.2, 0.25) is 11.9 Å². The van der Waals surface area contributed by atoms with E-state index in [9.17, 15) is 4.79 Å². The molecule has 1 amide bonds. The Morgan fingerprint density at radius 1 is 1.14 bits per heavy atom. The zero-order valence-corrected chi connectivity index (χ0v) is 16.4. The lowest BCUT2D eigenvalue weighted by molar-refractivity contribution is -0.115. The van der Waals surface area contributed by atoms with Crippen molar-refractivity contribution in [1.82, 2.24) is 14.8 Å². The Balaban J connectivity index is 1.87. The fraction of sp³-hybridized carbons (Fsp3) is 0.182. The summed E-state index contributed by atoms with van der Waals surface area (Å²) in [7, 11) is 0. The van der Waals surface area contributed by atoms with Crippen molar-refractivity contribution in [2.45, 2.75) is 26.8 Å². The minimum atomic E-state index is -0.529. The SMILES string of the molecule is CC1=C(C(N)=O)C(c2ccc(C#N)cc2)n2nc(-c3ccc(C)c(C)c3)nc2N1. The van der Waals surface area contributed by atoms with Gasteiger partial charge in [0.05, 0.1) is 17.2 Å². The lowest BCUT2D eigenvalue weighted by Gasteiger charge is -2.27. The van der Waals surface area contributed by atoms with Crippen molar-refractivity contribution in [2.24, 2.45) is 5.73 Å². The highest BCUT2D eigenvalue weighted by Crippen LogP contribution is 2.36. The van der Waals surface area contributed by atoms with E-state index in [0.717, 1.165) is 16.7 Å². The summed E-state index contributed by atoms with van der Waals surface area (Å²) in [5.74, 6) is 0.570. The molecule has 0 radical (unpaired) electrons. The van der Waals surface area contributed by atoms with Crippen molar-refractivity contribution < 1.29 is 4.79 Å². The first-order valence-electron chi connectivity index (χ1n) is 9.21. The van der Waals surface area contributed by atoms with Gasteiger partial charge in [0.15, 0.2) is 5.82 Å². The number of carbonyl (C=O) groups is 1. The summed E-state index contributed by atoms with van der Waals surface area (Å²) in [4.78, 5) is 16.9. The van der Waals surface area contributed by atoms with E-state index in [1.54, 1.807) is 23.7 Å². The molecule has 4 rings (SSSR count). The van der Waals surface area contributed by atoms with Crippen LogP contribution in [0.3, 0.4) is 0 Å². The Morgan fingerprint density at radius 2 is 1.86 bits per heavy atom. The molecule has 3 N–H and O–H groups in total. The summed E-state index contributed by atoms with van der Waals surface area (Å²) < 4.78 is 1.68. The molecule has 0 saturated heterocycles. The van der Waals surface area contributed by atoms with E-state index in [1.807, 2.05) is 37.3 Å². The molecular weight excluding hydrogens is 364 g/mol. The quantitative estimate of drug-likeness (QED) is 0.720. The van der Waals surface area contributed by atoms with Gasteiger partial charge >= 0.3 is 0 Å². The molecule has 0 saturated carbocycles. The summed E-state index contributed by atoms with van der Waals surface area (Å²) >= 11 is 0. The lowest BCUT2D eigenvalue weighted by Crippen LogP contribution is -2.31. The maximum absolute atomic E-state index is 12.3. The van der Waals surface area contributed by atoms with Crippen LogP contribution in [0.2, 0.25) is 0 Å². The number of aromatic nitrogens is 3. The summed E-state index contributed by atoms with van der Waals surface area (Å²) in [6, 6.07) is 14.7. The number of anilines is 1. The number of allylic oxidation sites excluding steroid dienone is 1. The van der Waals surface area contributed by atoms with Crippen LogP contribution in [0.25, 0.3) is 11.4 Å². The third-order valence-electron chi connectivity index (χ3n) is 5.24. The number of nitriles is 1. The van der Waals surface area contributed by atoms with Gasteiger partial charge in [0.25, 0.3) is 0 Å². The number of nitrogens with one attached hydrogen (secondary N) is 1. The lowest BCUT2D eigenvalue weighted by atomic mass is 9.95. The number of hydrogen-bond donors (Lipinski definition) is 2.